The summed E-state index contributed by atoms with van der Waals surface area (Å²) in [6.07, 6.45) is 8.33. The number of hydrogen-bond acceptors (Lipinski definition) is 3. The summed E-state index contributed by atoms with van der Waals surface area (Å²) in [5.41, 5.74) is 0.658. The highest BCUT2D eigenvalue weighted by molar-refractivity contribution is 6.01. The zero-order chi connectivity index (χ0) is 17.6. The number of hydrogen-bond donors (Lipinski definition) is 1. The van der Waals surface area contributed by atoms with Crippen LogP contribution in [0.4, 0.5) is 0 Å². The summed E-state index contributed by atoms with van der Waals surface area (Å²) >= 11 is 0. The van der Waals surface area contributed by atoms with Crippen LogP contribution in [0.2, 0.25) is 0 Å². The molecule has 3 rings (SSSR count). The second kappa shape index (κ2) is 8.32. The first-order valence-electron chi connectivity index (χ1n) is 9.38. The first kappa shape index (κ1) is 17.7. The van der Waals surface area contributed by atoms with E-state index in [0.29, 0.717) is 36.6 Å². The van der Waals surface area contributed by atoms with E-state index in [4.69, 9.17) is 4.74 Å². The summed E-state index contributed by atoms with van der Waals surface area (Å²) in [5.74, 6) is 0.984. The molecule has 4 nitrogen and oxygen atoms in total. The second-order valence-corrected chi connectivity index (χ2v) is 7.08. The highest BCUT2D eigenvalue weighted by atomic mass is 16.5. The van der Waals surface area contributed by atoms with Crippen LogP contribution in [0.25, 0.3) is 0 Å². The topological polar surface area (TPSA) is 55.4 Å². The van der Waals surface area contributed by atoms with Gasteiger partial charge in [0, 0.05) is 13.0 Å². The number of para-hydroxylation sites is 1. The summed E-state index contributed by atoms with van der Waals surface area (Å²) in [6, 6.07) is 7.50. The van der Waals surface area contributed by atoms with Crippen LogP contribution >= 0.6 is 0 Å². The van der Waals surface area contributed by atoms with E-state index in [0.717, 1.165) is 12.8 Å². The highest BCUT2D eigenvalue weighted by Crippen LogP contribution is 2.40. The normalized spacial score (nSPS) is 23.4. The van der Waals surface area contributed by atoms with Gasteiger partial charge in [-0.3, -0.25) is 9.59 Å². The molecular formula is C21H27NO3. The van der Waals surface area contributed by atoms with Crippen LogP contribution < -0.4 is 10.1 Å². The van der Waals surface area contributed by atoms with Gasteiger partial charge in [-0.1, -0.05) is 37.5 Å². The van der Waals surface area contributed by atoms with Crippen LogP contribution in [0, 0.1) is 11.8 Å². The van der Waals surface area contributed by atoms with Crippen LogP contribution in [0.5, 0.6) is 5.75 Å². The van der Waals surface area contributed by atoms with Crippen molar-refractivity contribution in [3.8, 4) is 5.75 Å². The number of benzene rings is 1. The molecule has 0 radical (unpaired) electrons. The smallest absolute Gasteiger partial charge is 0.220 e. The van der Waals surface area contributed by atoms with Crippen LogP contribution in [-0.2, 0) is 4.79 Å². The molecule has 0 spiro atoms. The Labute approximate surface area is 149 Å². The standard InChI is InChI=1S/C21H27NO3/c1-2-14-22-19(23)13-12-17-20(24)16-10-6-7-11-18(16)25-21(17)15-8-4-3-5-9-15/h2,6-7,10-11,15,17,21H,1,3-5,8-9,12-14H2,(H,22,23). The number of amides is 1. The Kier molecular flexibility index (Phi) is 5.90. The van der Waals surface area contributed by atoms with Crippen LogP contribution in [0.1, 0.15) is 55.3 Å². The number of ketones is 1. The van der Waals surface area contributed by atoms with Gasteiger partial charge in [0.05, 0.1) is 11.5 Å². The number of nitrogens with one attached hydrogen (secondary N) is 1. The lowest BCUT2D eigenvalue weighted by atomic mass is 9.75. The maximum atomic E-state index is 13.1. The molecule has 1 heterocycles. The fourth-order valence-corrected chi connectivity index (χ4v) is 4.09. The van der Waals surface area contributed by atoms with Gasteiger partial charge in [0.15, 0.2) is 5.78 Å². The van der Waals surface area contributed by atoms with Crippen molar-refractivity contribution in [3.63, 3.8) is 0 Å². The van der Waals surface area contributed by atoms with Gasteiger partial charge >= 0.3 is 0 Å². The van der Waals surface area contributed by atoms with Gasteiger partial charge in [-0.25, -0.2) is 0 Å². The molecule has 4 heteroatoms. The van der Waals surface area contributed by atoms with Gasteiger partial charge in [-0.2, -0.15) is 0 Å². The number of ether oxygens (including phenoxy) is 1. The maximum absolute atomic E-state index is 13.1. The van der Waals surface area contributed by atoms with Gasteiger partial charge in [-0.05, 0) is 37.3 Å². The molecule has 2 aliphatic rings. The maximum Gasteiger partial charge on any atom is 0.220 e. The van der Waals surface area contributed by atoms with E-state index in [1.807, 2.05) is 24.3 Å². The molecule has 2 unspecified atom stereocenters. The number of fused-ring (bicyclic) bond motifs is 1. The lowest BCUT2D eigenvalue weighted by molar-refractivity contribution is -0.121. The molecular weight excluding hydrogens is 314 g/mol. The Balaban J connectivity index is 1.76. The Morgan fingerprint density at radius 3 is 2.76 bits per heavy atom. The van der Waals surface area contributed by atoms with Crippen molar-refractivity contribution >= 4 is 11.7 Å². The van der Waals surface area contributed by atoms with E-state index in [-0.39, 0.29) is 23.7 Å². The number of carbonyl (C=O) groups is 2. The number of Topliss-reactive ketones (excluding diaryl/α,β-unsaturated/α-hetero) is 1. The predicted molar refractivity (Wildman–Crippen MR) is 97.7 cm³/mol. The second-order valence-electron chi connectivity index (χ2n) is 7.08. The highest BCUT2D eigenvalue weighted by Gasteiger charge is 2.41. The molecule has 1 aromatic carbocycles. The predicted octanol–water partition coefficient (Wildman–Crippen LogP) is 3.91. The molecule has 1 fully saturated rings. The third-order valence-electron chi connectivity index (χ3n) is 5.39. The molecule has 1 aliphatic carbocycles. The first-order valence-corrected chi connectivity index (χ1v) is 9.38. The van der Waals surface area contributed by atoms with E-state index in [9.17, 15) is 9.59 Å². The van der Waals surface area contributed by atoms with Gasteiger partial charge in [0.25, 0.3) is 0 Å². The lowest BCUT2D eigenvalue weighted by Gasteiger charge is -2.39. The van der Waals surface area contributed by atoms with Crippen molar-refractivity contribution < 1.29 is 14.3 Å². The van der Waals surface area contributed by atoms with Crippen LogP contribution in [-0.4, -0.2) is 24.3 Å². The third-order valence-corrected chi connectivity index (χ3v) is 5.39. The van der Waals surface area contributed by atoms with Gasteiger partial charge in [-0.15, -0.1) is 6.58 Å². The monoisotopic (exact) mass is 341 g/mol. The quantitative estimate of drug-likeness (QED) is 0.798. The van der Waals surface area contributed by atoms with Crippen molar-refractivity contribution in [2.45, 2.75) is 51.0 Å². The molecule has 1 aliphatic heterocycles. The van der Waals surface area contributed by atoms with Gasteiger partial charge in [0.2, 0.25) is 5.91 Å². The van der Waals surface area contributed by atoms with E-state index in [1.165, 1.54) is 19.3 Å². The van der Waals surface area contributed by atoms with Crippen molar-refractivity contribution in [1.82, 2.24) is 5.32 Å². The van der Waals surface area contributed by atoms with Crippen LogP contribution in [0.15, 0.2) is 36.9 Å². The van der Waals surface area contributed by atoms with Gasteiger partial charge < -0.3 is 10.1 Å². The van der Waals surface area contributed by atoms with E-state index >= 15 is 0 Å². The Morgan fingerprint density at radius 2 is 2.00 bits per heavy atom. The van der Waals surface area contributed by atoms with Crippen molar-refractivity contribution in [1.29, 1.82) is 0 Å². The molecule has 1 amide bonds. The first-order chi connectivity index (χ1) is 12.2. The van der Waals surface area contributed by atoms with E-state index < -0.39 is 0 Å². The molecule has 1 saturated carbocycles. The molecule has 0 bridgehead atoms. The van der Waals surface area contributed by atoms with Crippen LogP contribution in [0.3, 0.4) is 0 Å². The van der Waals surface area contributed by atoms with Crippen molar-refractivity contribution in [2.24, 2.45) is 11.8 Å². The Hall–Kier alpha value is -2.10. The summed E-state index contributed by atoms with van der Waals surface area (Å²) < 4.78 is 6.30. The minimum absolute atomic E-state index is 0.0334. The SMILES string of the molecule is C=CCNC(=O)CCC1C(=O)c2ccccc2OC1C1CCCCC1. The summed E-state index contributed by atoms with van der Waals surface area (Å²) in [7, 11) is 0. The molecule has 1 aromatic rings. The molecule has 2 atom stereocenters. The minimum Gasteiger partial charge on any atom is -0.489 e. The summed E-state index contributed by atoms with van der Waals surface area (Å²) in [6.45, 7) is 4.07. The molecule has 25 heavy (non-hydrogen) atoms. The largest absolute Gasteiger partial charge is 0.489 e. The van der Waals surface area contributed by atoms with E-state index in [2.05, 4.69) is 11.9 Å². The summed E-state index contributed by atoms with van der Waals surface area (Å²) in [5, 5.41) is 2.79. The van der Waals surface area contributed by atoms with Crippen molar-refractivity contribution in [2.75, 3.05) is 6.54 Å². The summed E-state index contributed by atoms with van der Waals surface area (Å²) in [4.78, 5) is 25.0. The van der Waals surface area contributed by atoms with Crippen molar-refractivity contribution in [3.05, 3.63) is 42.5 Å². The molecule has 134 valence electrons. The Morgan fingerprint density at radius 1 is 1.24 bits per heavy atom. The zero-order valence-corrected chi connectivity index (χ0v) is 14.7. The Bertz CT molecular complexity index is 634. The van der Waals surface area contributed by atoms with E-state index in [1.54, 1.807) is 6.08 Å². The minimum atomic E-state index is -0.229. The number of carbonyl (C=O) groups excluding carboxylic acids is 2. The average molecular weight is 341 g/mol. The van der Waals surface area contributed by atoms with Gasteiger partial charge in [0.1, 0.15) is 11.9 Å². The lowest BCUT2D eigenvalue weighted by Crippen LogP contribution is -2.44. The fourth-order valence-electron chi connectivity index (χ4n) is 4.09. The molecule has 1 N–H and O–H groups in total. The zero-order valence-electron chi connectivity index (χ0n) is 14.7. The number of rotatable bonds is 6. The molecule has 0 aromatic heterocycles. The third kappa shape index (κ3) is 4.12. The fraction of sp³-hybridized carbons (Fsp3) is 0.524. The average Bonchev–Trinajstić information content (AvgIpc) is 2.66. The molecule has 0 saturated heterocycles.